The maximum absolute atomic E-state index is 4.46. The highest BCUT2D eigenvalue weighted by molar-refractivity contribution is 9.10. The highest BCUT2D eigenvalue weighted by atomic mass is 79.9. The molecule has 2 rings (SSSR count). The van der Waals surface area contributed by atoms with E-state index in [9.17, 15) is 0 Å². The number of hydrogen-bond donors (Lipinski definition) is 1. The Hall–Kier alpha value is -0.410. The molecule has 3 heteroatoms. The van der Waals surface area contributed by atoms with Crippen LogP contribution in [0.3, 0.4) is 0 Å². The maximum atomic E-state index is 4.46. The number of rotatable bonds is 6. The molecule has 1 saturated carbocycles. The predicted molar refractivity (Wildman–Crippen MR) is 70.5 cm³/mol. The van der Waals surface area contributed by atoms with Crippen LogP contribution in [0, 0.1) is 5.41 Å². The topological polar surface area (TPSA) is 24.9 Å². The van der Waals surface area contributed by atoms with Crippen LogP contribution in [0.4, 0.5) is 0 Å². The first kappa shape index (κ1) is 12.1. The van der Waals surface area contributed by atoms with E-state index >= 15 is 0 Å². The van der Waals surface area contributed by atoms with Gasteiger partial charge in [0, 0.05) is 22.9 Å². The Morgan fingerprint density at radius 2 is 2.25 bits per heavy atom. The second-order valence-corrected chi connectivity index (χ2v) is 5.74. The largest absolute Gasteiger partial charge is 0.316 e. The van der Waals surface area contributed by atoms with E-state index < -0.39 is 0 Å². The molecule has 0 atom stereocenters. The molecule has 0 unspecified atom stereocenters. The number of pyridine rings is 1. The van der Waals surface area contributed by atoms with Gasteiger partial charge in [0.05, 0.1) is 0 Å². The fraction of sp³-hybridized carbons (Fsp3) is 0.615. The van der Waals surface area contributed by atoms with Crippen LogP contribution < -0.4 is 5.32 Å². The summed E-state index contributed by atoms with van der Waals surface area (Å²) in [4.78, 5) is 4.46. The smallest absolute Gasteiger partial charge is 0.0413 e. The lowest BCUT2D eigenvalue weighted by molar-refractivity contribution is 0.451. The second-order valence-electron chi connectivity index (χ2n) is 4.82. The van der Waals surface area contributed by atoms with Gasteiger partial charge in [0.2, 0.25) is 0 Å². The summed E-state index contributed by atoms with van der Waals surface area (Å²) in [6.07, 6.45) is 6.93. The quantitative estimate of drug-likeness (QED) is 0.811. The third kappa shape index (κ3) is 3.29. The molecule has 1 heterocycles. The summed E-state index contributed by atoms with van der Waals surface area (Å²) < 4.78 is 1.06. The lowest BCUT2D eigenvalue weighted by Crippen LogP contribution is -2.26. The van der Waals surface area contributed by atoms with Gasteiger partial charge in [-0.15, -0.1) is 0 Å². The Balaban J connectivity index is 1.86. The van der Waals surface area contributed by atoms with Crippen molar-refractivity contribution in [3.05, 3.63) is 28.5 Å². The van der Waals surface area contributed by atoms with Crippen molar-refractivity contribution in [1.82, 2.24) is 10.3 Å². The zero-order valence-electron chi connectivity index (χ0n) is 9.80. The molecule has 0 aliphatic heterocycles. The molecule has 0 aromatic carbocycles. The van der Waals surface area contributed by atoms with Crippen molar-refractivity contribution in [1.29, 1.82) is 0 Å². The molecule has 0 bridgehead atoms. The third-order valence-corrected chi connectivity index (χ3v) is 3.70. The van der Waals surface area contributed by atoms with Gasteiger partial charge in [-0.05, 0) is 65.7 Å². The van der Waals surface area contributed by atoms with Crippen molar-refractivity contribution in [2.75, 3.05) is 13.1 Å². The molecule has 1 aromatic heterocycles. The Kier molecular flexibility index (Phi) is 3.98. The molecule has 1 aliphatic rings. The van der Waals surface area contributed by atoms with Crippen LogP contribution in [-0.4, -0.2) is 18.1 Å². The Labute approximate surface area is 106 Å². The van der Waals surface area contributed by atoms with Crippen LogP contribution >= 0.6 is 15.9 Å². The summed E-state index contributed by atoms with van der Waals surface area (Å²) in [5, 5.41) is 3.53. The van der Waals surface area contributed by atoms with Crippen molar-refractivity contribution >= 4 is 15.9 Å². The van der Waals surface area contributed by atoms with Crippen molar-refractivity contribution in [2.45, 2.75) is 32.6 Å². The molecule has 1 aliphatic carbocycles. The molecular formula is C13H19BrN2. The fourth-order valence-electron chi connectivity index (χ4n) is 2.02. The van der Waals surface area contributed by atoms with Gasteiger partial charge in [-0.2, -0.15) is 0 Å². The lowest BCUT2D eigenvalue weighted by atomic mass is 10.00. The fourth-order valence-corrected chi connectivity index (χ4v) is 2.25. The third-order valence-electron chi connectivity index (χ3n) is 3.23. The summed E-state index contributed by atoms with van der Waals surface area (Å²) in [5.41, 5.74) is 1.73. The minimum atomic E-state index is 0.510. The van der Waals surface area contributed by atoms with Crippen LogP contribution in [-0.2, 0) is 6.42 Å². The second kappa shape index (κ2) is 5.28. The standard InChI is InChI=1S/C13H19BrN2/c1-2-7-15-10-13(5-6-13)8-12-4-3-11(14)9-16-12/h3-4,9,15H,2,5-8,10H2,1H3. The van der Waals surface area contributed by atoms with Crippen molar-refractivity contribution < 1.29 is 0 Å². The highest BCUT2D eigenvalue weighted by Crippen LogP contribution is 2.47. The first-order valence-electron chi connectivity index (χ1n) is 6.05. The van der Waals surface area contributed by atoms with Crippen LogP contribution in [0.2, 0.25) is 0 Å². The van der Waals surface area contributed by atoms with Crippen molar-refractivity contribution in [3.8, 4) is 0 Å². The van der Waals surface area contributed by atoms with E-state index in [1.54, 1.807) is 0 Å². The average Bonchev–Trinajstić information content (AvgIpc) is 3.03. The molecule has 0 spiro atoms. The first-order valence-corrected chi connectivity index (χ1v) is 6.85. The zero-order valence-corrected chi connectivity index (χ0v) is 11.4. The van der Waals surface area contributed by atoms with Crippen LogP contribution in [0.25, 0.3) is 0 Å². The minimum Gasteiger partial charge on any atom is -0.316 e. The van der Waals surface area contributed by atoms with E-state index in [-0.39, 0.29) is 0 Å². The number of halogens is 1. The molecule has 16 heavy (non-hydrogen) atoms. The van der Waals surface area contributed by atoms with Gasteiger partial charge < -0.3 is 5.32 Å². The molecule has 0 radical (unpaired) electrons. The molecule has 0 saturated heterocycles. The maximum Gasteiger partial charge on any atom is 0.0413 e. The Morgan fingerprint density at radius 3 is 2.81 bits per heavy atom. The Bertz CT molecular complexity index is 330. The first-order chi connectivity index (χ1) is 7.74. The van der Waals surface area contributed by atoms with Crippen molar-refractivity contribution in [2.24, 2.45) is 5.41 Å². The SMILES string of the molecule is CCCNCC1(Cc2ccc(Br)cn2)CC1. The van der Waals surface area contributed by atoms with Gasteiger partial charge in [0.15, 0.2) is 0 Å². The summed E-state index contributed by atoms with van der Waals surface area (Å²) in [6.45, 7) is 4.50. The minimum absolute atomic E-state index is 0.510. The van der Waals surface area contributed by atoms with Gasteiger partial charge >= 0.3 is 0 Å². The molecule has 1 fully saturated rings. The van der Waals surface area contributed by atoms with Gasteiger partial charge in [0.25, 0.3) is 0 Å². The van der Waals surface area contributed by atoms with Gasteiger partial charge in [0.1, 0.15) is 0 Å². The molecule has 2 nitrogen and oxygen atoms in total. The van der Waals surface area contributed by atoms with E-state index in [4.69, 9.17) is 0 Å². The zero-order chi connectivity index (χ0) is 11.4. The molecule has 88 valence electrons. The normalized spacial score (nSPS) is 17.4. The lowest BCUT2D eigenvalue weighted by Gasteiger charge is -2.15. The average molecular weight is 283 g/mol. The summed E-state index contributed by atoms with van der Waals surface area (Å²) in [7, 11) is 0. The molecule has 0 amide bonds. The van der Waals surface area contributed by atoms with E-state index in [0.29, 0.717) is 5.41 Å². The molecule has 1 aromatic rings. The van der Waals surface area contributed by atoms with Gasteiger partial charge in [-0.3, -0.25) is 4.98 Å². The molecule has 1 N–H and O–H groups in total. The van der Waals surface area contributed by atoms with Crippen molar-refractivity contribution in [3.63, 3.8) is 0 Å². The van der Waals surface area contributed by atoms with E-state index in [2.05, 4.69) is 45.3 Å². The number of nitrogens with zero attached hydrogens (tertiary/aromatic N) is 1. The van der Waals surface area contributed by atoms with E-state index in [1.165, 1.54) is 25.0 Å². The number of aromatic nitrogens is 1. The Morgan fingerprint density at radius 1 is 1.44 bits per heavy atom. The predicted octanol–water partition coefficient (Wildman–Crippen LogP) is 3.17. The van der Waals surface area contributed by atoms with E-state index in [0.717, 1.165) is 24.0 Å². The summed E-state index contributed by atoms with van der Waals surface area (Å²) in [5.74, 6) is 0. The van der Waals surface area contributed by atoms with Crippen LogP contribution in [0.1, 0.15) is 31.9 Å². The molecular weight excluding hydrogens is 264 g/mol. The van der Waals surface area contributed by atoms with E-state index in [1.807, 2.05) is 6.20 Å². The van der Waals surface area contributed by atoms with Gasteiger partial charge in [-0.25, -0.2) is 0 Å². The van der Waals surface area contributed by atoms with Crippen LogP contribution in [0.15, 0.2) is 22.8 Å². The summed E-state index contributed by atoms with van der Waals surface area (Å²) >= 11 is 3.42. The number of hydrogen-bond acceptors (Lipinski definition) is 2. The highest BCUT2D eigenvalue weighted by Gasteiger charge is 2.42. The summed E-state index contributed by atoms with van der Waals surface area (Å²) in [6, 6.07) is 4.21. The monoisotopic (exact) mass is 282 g/mol. The number of nitrogens with one attached hydrogen (secondary N) is 1. The van der Waals surface area contributed by atoms with Crippen LogP contribution in [0.5, 0.6) is 0 Å². The van der Waals surface area contributed by atoms with Gasteiger partial charge in [-0.1, -0.05) is 6.92 Å².